The lowest BCUT2D eigenvalue weighted by Crippen LogP contribution is -2.40. The first-order chi connectivity index (χ1) is 46.6. The van der Waals surface area contributed by atoms with Gasteiger partial charge in [0.15, 0.2) is 6.10 Å². The van der Waals surface area contributed by atoms with Crippen LogP contribution >= 0.6 is 0 Å². The number of carbonyl (C=O) groups is 3. The van der Waals surface area contributed by atoms with Crippen LogP contribution in [0.25, 0.3) is 0 Å². The fourth-order valence-electron chi connectivity index (χ4n) is 11.4. The zero-order chi connectivity index (χ0) is 69.0. The number of likely N-dealkylation sites (N-methyl/N-ethyl adjacent to an activating group) is 1. The van der Waals surface area contributed by atoms with Crippen molar-refractivity contribution in [2.24, 2.45) is 0 Å². The molecule has 0 rings (SSSR count). The Morgan fingerprint density at radius 1 is 0.326 bits per heavy atom. The van der Waals surface area contributed by atoms with Crippen LogP contribution in [0, 0.1) is 0 Å². The van der Waals surface area contributed by atoms with Crippen LogP contribution in [0.4, 0.5) is 0 Å². The molecular formula is C86H152NO8+. The summed E-state index contributed by atoms with van der Waals surface area (Å²) in [5, 5.41) is 9.76. The summed E-state index contributed by atoms with van der Waals surface area (Å²) in [5.41, 5.74) is 0. The maximum atomic E-state index is 13.0. The number of hydrogen-bond acceptors (Lipinski definition) is 7. The summed E-state index contributed by atoms with van der Waals surface area (Å²) in [6.45, 7) is 4.76. The largest absolute Gasteiger partial charge is 0.477 e. The third-order valence-electron chi connectivity index (χ3n) is 17.5. The zero-order valence-corrected chi connectivity index (χ0v) is 62.8. The first-order valence-electron chi connectivity index (χ1n) is 40.1. The van der Waals surface area contributed by atoms with Crippen molar-refractivity contribution in [1.82, 2.24) is 0 Å². The Labute approximate surface area is 587 Å². The van der Waals surface area contributed by atoms with E-state index in [9.17, 15) is 19.5 Å². The van der Waals surface area contributed by atoms with E-state index in [4.69, 9.17) is 18.9 Å². The van der Waals surface area contributed by atoms with Crippen molar-refractivity contribution < 1.29 is 42.9 Å². The third kappa shape index (κ3) is 77.2. The molecule has 1 N–H and O–H groups in total. The van der Waals surface area contributed by atoms with Crippen molar-refractivity contribution in [2.75, 3.05) is 47.5 Å². The fourth-order valence-corrected chi connectivity index (χ4v) is 11.4. The van der Waals surface area contributed by atoms with Gasteiger partial charge in [-0.1, -0.05) is 354 Å². The summed E-state index contributed by atoms with van der Waals surface area (Å²) in [7, 11) is 5.97. The quantitative estimate of drug-likeness (QED) is 0.0211. The van der Waals surface area contributed by atoms with Crippen LogP contribution in [0.3, 0.4) is 0 Å². The minimum Gasteiger partial charge on any atom is -0.477 e. The molecule has 0 saturated carbocycles. The van der Waals surface area contributed by atoms with Gasteiger partial charge in [-0.25, -0.2) is 4.79 Å². The van der Waals surface area contributed by atoms with Gasteiger partial charge in [-0.2, -0.15) is 0 Å². The molecule has 95 heavy (non-hydrogen) atoms. The predicted octanol–water partition coefficient (Wildman–Crippen LogP) is 25.7. The van der Waals surface area contributed by atoms with E-state index in [1.54, 1.807) is 0 Å². The number of carbonyl (C=O) groups excluding carboxylic acids is 2. The summed E-state index contributed by atoms with van der Waals surface area (Å²) in [5.74, 6) is -2.03. The van der Waals surface area contributed by atoms with E-state index < -0.39 is 24.3 Å². The van der Waals surface area contributed by atoms with Crippen molar-refractivity contribution in [2.45, 2.75) is 373 Å². The zero-order valence-electron chi connectivity index (χ0n) is 62.8. The van der Waals surface area contributed by atoms with E-state index in [0.717, 1.165) is 96.3 Å². The van der Waals surface area contributed by atoms with Gasteiger partial charge in [-0.3, -0.25) is 9.59 Å². The molecule has 9 nitrogen and oxygen atoms in total. The van der Waals surface area contributed by atoms with E-state index in [1.807, 2.05) is 21.1 Å². The van der Waals surface area contributed by atoms with Crippen LogP contribution in [0.15, 0.2) is 109 Å². The first kappa shape index (κ1) is 91.0. The number of ether oxygens (including phenoxy) is 4. The Morgan fingerprint density at radius 3 is 0.905 bits per heavy atom. The number of unbranched alkanes of at least 4 members (excludes halogenated alkanes) is 41. The highest BCUT2D eigenvalue weighted by atomic mass is 16.7. The van der Waals surface area contributed by atoms with Gasteiger partial charge >= 0.3 is 17.9 Å². The van der Waals surface area contributed by atoms with E-state index >= 15 is 0 Å². The molecule has 0 aromatic carbocycles. The van der Waals surface area contributed by atoms with E-state index in [1.165, 1.54) is 231 Å². The maximum Gasteiger partial charge on any atom is 0.361 e. The molecule has 548 valence electrons. The summed E-state index contributed by atoms with van der Waals surface area (Å²) in [6, 6.07) is 0. The lowest BCUT2D eigenvalue weighted by atomic mass is 10.0. The Morgan fingerprint density at radius 2 is 0.600 bits per heavy atom. The molecule has 0 fully saturated rings. The lowest BCUT2D eigenvalue weighted by molar-refractivity contribution is -0.870. The molecule has 0 saturated heterocycles. The Balaban J connectivity index is 4.02. The highest BCUT2D eigenvalue weighted by Gasteiger charge is 2.25. The van der Waals surface area contributed by atoms with Crippen LogP contribution < -0.4 is 0 Å². The molecule has 0 amide bonds. The lowest BCUT2D eigenvalue weighted by Gasteiger charge is -2.25. The fraction of sp³-hybridized carbons (Fsp3) is 0.756. The Bertz CT molecular complexity index is 1930. The highest BCUT2D eigenvalue weighted by molar-refractivity contribution is 5.71. The van der Waals surface area contributed by atoms with Gasteiger partial charge in [-0.05, 0) is 103 Å². The SMILES string of the molecule is CC/C=C\C/C=C\C/C=C\C/C=C\C/C=C\C/C=C\C/C=C\C/C=C\CCCCCCC(=O)OC(COC(=O)CCCCCCCCCCCCCCCCCCCCCCCCCCCCCCC/C=C\CCCCCCCCCC)COC(OCC[N+](C)(C)C)C(=O)O. The monoisotopic (exact) mass is 1330 g/mol. The molecule has 2 unspecified atom stereocenters. The number of esters is 2. The second-order valence-electron chi connectivity index (χ2n) is 28.0. The predicted molar refractivity (Wildman–Crippen MR) is 410 cm³/mol. The minimum absolute atomic E-state index is 0.178. The molecule has 0 aliphatic heterocycles. The standard InChI is InChI=1S/C86H151NO8/c1-6-8-10-12-14-16-18-20-22-24-26-28-30-32-34-36-37-38-39-40-41-42-43-44-45-46-47-49-50-52-54-56-58-60-62-64-66-68-70-72-74-76-83(88)93-80-82(81-94-86(85(90)91)92-79-78-87(3,4)5)95-84(89)77-75-73-71-69-67-65-63-61-59-57-55-53-51-48-35-33-31-29-27-25-23-21-19-17-15-13-11-9-7-2/h9,11,15,17,21,23-24,26-27,29,33,35,51,53,57,59,63,65,82,86H,6-8,10,12-14,16,18-20,22,25,28,30-32,34,36-50,52,54-56,58,60-62,64,66-81H2,1-5H3/p+1/b11-9-,17-15-,23-21-,26-24-,29-27-,35-33-,53-51-,59-57-,65-63-. The average Bonchev–Trinajstić information content (AvgIpc) is 2.86. The smallest absolute Gasteiger partial charge is 0.361 e. The van der Waals surface area contributed by atoms with E-state index in [0.29, 0.717) is 23.9 Å². The van der Waals surface area contributed by atoms with Crippen LogP contribution in [0.5, 0.6) is 0 Å². The van der Waals surface area contributed by atoms with Gasteiger partial charge in [0.25, 0.3) is 6.29 Å². The molecule has 0 aromatic heterocycles. The second kappa shape index (κ2) is 75.7. The van der Waals surface area contributed by atoms with Crippen LogP contribution in [-0.4, -0.2) is 87.4 Å². The molecular weight excluding hydrogens is 1170 g/mol. The van der Waals surface area contributed by atoms with Crippen LogP contribution in [0.1, 0.15) is 361 Å². The number of hydrogen-bond donors (Lipinski definition) is 1. The van der Waals surface area contributed by atoms with Gasteiger partial charge in [0.1, 0.15) is 13.2 Å². The molecule has 0 heterocycles. The van der Waals surface area contributed by atoms with Gasteiger partial charge in [0.2, 0.25) is 0 Å². The van der Waals surface area contributed by atoms with Crippen LogP contribution in [-0.2, 0) is 33.3 Å². The highest BCUT2D eigenvalue weighted by Crippen LogP contribution is 2.19. The van der Waals surface area contributed by atoms with Gasteiger partial charge in [0.05, 0.1) is 34.4 Å². The number of aliphatic carboxylic acids is 1. The second-order valence-corrected chi connectivity index (χ2v) is 28.0. The minimum atomic E-state index is -1.52. The van der Waals surface area contributed by atoms with Gasteiger partial charge < -0.3 is 28.5 Å². The Kier molecular flexibility index (Phi) is 72.5. The summed E-state index contributed by atoms with van der Waals surface area (Å²) in [4.78, 5) is 37.7. The van der Waals surface area contributed by atoms with E-state index in [2.05, 4.69) is 123 Å². The third-order valence-corrected chi connectivity index (χ3v) is 17.5. The molecule has 0 aliphatic rings. The maximum absolute atomic E-state index is 13.0. The van der Waals surface area contributed by atoms with Crippen molar-refractivity contribution >= 4 is 17.9 Å². The van der Waals surface area contributed by atoms with Gasteiger partial charge in [0, 0.05) is 12.8 Å². The molecule has 0 aliphatic carbocycles. The molecule has 9 heteroatoms. The first-order valence-corrected chi connectivity index (χ1v) is 40.1. The Hall–Kier alpha value is -4.05. The number of carboxylic acids is 1. The van der Waals surface area contributed by atoms with Crippen molar-refractivity contribution in [3.8, 4) is 0 Å². The molecule has 0 radical (unpaired) electrons. The van der Waals surface area contributed by atoms with E-state index in [-0.39, 0.29) is 32.2 Å². The number of nitrogens with zero attached hydrogens (tertiary/aromatic N) is 1. The van der Waals surface area contributed by atoms with Gasteiger partial charge in [-0.15, -0.1) is 0 Å². The van der Waals surface area contributed by atoms with Crippen molar-refractivity contribution in [3.05, 3.63) is 109 Å². The molecule has 0 aromatic rings. The summed E-state index contributed by atoms with van der Waals surface area (Å²) < 4.78 is 23.0. The van der Waals surface area contributed by atoms with Crippen molar-refractivity contribution in [1.29, 1.82) is 0 Å². The summed E-state index contributed by atoms with van der Waals surface area (Å²) >= 11 is 0. The topological polar surface area (TPSA) is 108 Å². The number of allylic oxidation sites excluding steroid dienone is 18. The average molecular weight is 1330 g/mol. The number of carboxylic acid groups (broad SMARTS) is 1. The summed E-state index contributed by atoms with van der Waals surface area (Å²) in [6.07, 6.45) is 104. The number of quaternary nitrogens is 1. The normalized spacial score (nSPS) is 13.2. The van der Waals surface area contributed by atoms with Crippen molar-refractivity contribution in [3.63, 3.8) is 0 Å². The number of rotatable bonds is 74. The molecule has 0 bridgehead atoms. The molecule has 2 atom stereocenters. The molecule has 0 spiro atoms. The van der Waals surface area contributed by atoms with Crippen LogP contribution in [0.2, 0.25) is 0 Å².